The van der Waals surface area contributed by atoms with Crippen LogP contribution in [0.3, 0.4) is 0 Å². The Morgan fingerprint density at radius 1 is 0.544 bits per heavy atom. The topological polar surface area (TPSA) is 44.3 Å². The van der Waals surface area contributed by atoms with E-state index in [2.05, 4.69) is 191 Å². The zero-order valence-corrected chi connectivity index (χ0v) is 33.6. The number of pyridine rings is 2. The van der Waals surface area contributed by atoms with Gasteiger partial charge in [-0.2, -0.15) is 0 Å². The van der Waals surface area contributed by atoms with Gasteiger partial charge in [0.25, 0.3) is 0 Å². The maximum Gasteiger partial charge on any atom is 0.146 e. The predicted molar refractivity (Wildman–Crippen MR) is 239 cm³/mol. The molecule has 0 saturated heterocycles. The smallest absolute Gasteiger partial charge is 0.146 e. The van der Waals surface area contributed by atoms with Crippen molar-refractivity contribution in [3.05, 3.63) is 156 Å². The van der Waals surface area contributed by atoms with Crippen LogP contribution in [-0.4, -0.2) is 18.9 Å². The summed E-state index contributed by atoms with van der Waals surface area (Å²) in [6, 6.07) is 48.0. The fourth-order valence-corrected chi connectivity index (χ4v) is 8.85. The summed E-state index contributed by atoms with van der Waals surface area (Å²) in [4.78, 5) is 10.1. The zero-order chi connectivity index (χ0) is 39.2. The number of hydrogen-bond donors (Lipinski definition) is 0. The summed E-state index contributed by atoms with van der Waals surface area (Å²) in [5, 5.41) is 5.72. The van der Waals surface area contributed by atoms with Gasteiger partial charge in [-0.3, -0.25) is 8.97 Å². The van der Waals surface area contributed by atoms with Gasteiger partial charge in [0, 0.05) is 33.8 Å². The number of imidazole rings is 1. The summed E-state index contributed by atoms with van der Waals surface area (Å²) in [7, 11) is 0. The van der Waals surface area contributed by atoms with Gasteiger partial charge in [-0.15, -0.1) is 0 Å². The van der Waals surface area contributed by atoms with Gasteiger partial charge >= 0.3 is 0 Å². The Labute approximate surface area is 333 Å². The normalized spacial score (nSPS) is 12.4. The summed E-state index contributed by atoms with van der Waals surface area (Å²) in [6.07, 6.45) is 1.92. The number of benzene rings is 6. The van der Waals surface area contributed by atoms with Crippen LogP contribution in [0.2, 0.25) is 0 Å². The summed E-state index contributed by atoms with van der Waals surface area (Å²) >= 11 is 0. The number of para-hydroxylation sites is 3. The van der Waals surface area contributed by atoms with Crippen LogP contribution in [0, 0.1) is 0 Å². The van der Waals surface area contributed by atoms with Gasteiger partial charge in [-0.25, -0.2) is 9.97 Å². The molecule has 0 unspecified atom stereocenters. The molecule has 0 saturated carbocycles. The lowest BCUT2D eigenvalue weighted by molar-refractivity contribution is 0.484. The molecular weight excluding hydrogens is 697 g/mol. The Balaban J connectivity index is 1.14. The minimum Gasteiger partial charge on any atom is -0.457 e. The molecule has 0 radical (unpaired) electrons. The van der Waals surface area contributed by atoms with Gasteiger partial charge in [-0.1, -0.05) is 109 Å². The molecule has 280 valence electrons. The van der Waals surface area contributed by atoms with E-state index in [4.69, 9.17) is 14.7 Å². The lowest BCUT2D eigenvalue weighted by atomic mass is 9.84. The standard InChI is InChI=1S/C52H46N4O/c1-31(2)37-14-12-15-38(32(3)4)50(37)33-19-22-41-39-23-20-35(29-43(39)51-54-44-16-9-11-18-46(44)56(51)47(41)27-33)57-36-21-24-42-40-13-8-10-17-45(40)55(48(42)30-36)49-28-34(25-26-53-49)52(5,6)7/h8-32H,1-7H3. The monoisotopic (exact) mass is 742 g/mol. The molecule has 10 rings (SSSR count). The molecule has 0 atom stereocenters. The number of hydrogen-bond acceptors (Lipinski definition) is 3. The van der Waals surface area contributed by atoms with E-state index in [0.29, 0.717) is 11.8 Å². The molecule has 0 N–H and O–H groups in total. The van der Waals surface area contributed by atoms with Crippen LogP contribution in [-0.2, 0) is 5.41 Å². The second kappa shape index (κ2) is 13.1. The molecule has 0 aliphatic rings. The van der Waals surface area contributed by atoms with E-state index in [-0.39, 0.29) is 5.41 Å². The minimum absolute atomic E-state index is 0.00296. The lowest BCUT2D eigenvalue weighted by Gasteiger charge is -2.21. The molecule has 0 spiro atoms. The molecule has 0 bridgehead atoms. The highest BCUT2D eigenvalue weighted by Crippen LogP contribution is 2.42. The third-order valence-electron chi connectivity index (χ3n) is 11.7. The number of ether oxygens (including phenoxy) is 1. The Hall–Kier alpha value is -6.46. The highest BCUT2D eigenvalue weighted by atomic mass is 16.5. The zero-order valence-electron chi connectivity index (χ0n) is 33.6. The molecule has 4 aromatic heterocycles. The van der Waals surface area contributed by atoms with Crippen molar-refractivity contribution in [3.63, 3.8) is 0 Å². The first-order valence-electron chi connectivity index (χ1n) is 20.1. The van der Waals surface area contributed by atoms with Crippen LogP contribution < -0.4 is 4.74 Å². The fraction of sp³-hybridized carbons (Fsp3) is 0.192. The molecule has 0 amide bonds. The Morgan fingerprint density at radius 3 is 1.95 bits per heavy atom. The SMILES string of the molecule is CC(C)c1cccc(C(C)C)c1-c1ccc2c3ccc(Oc4ccc5c6ccccc6n(-c6cc(C(C)(C)C)ccn6)c5c4)cc3c3nc4ccccc4n3c2c1. The van der Waals surface area contributed by atoms with Gasteiger partial charge in [-0.05, 0) is 117 Å². The summed E-state index contributed by atoms with van der Waals surface area (Å²) in [5.74, 6) is 3.22. The van der Waals surface area contributed by atoms with Crippen LogP contribution in [0.4, 0.5) is 0 Å². The molecule has 10 aromatic rings. The number of fused-ring (bicyclic) bond motifs is 11. The first-order chi connectivity index (χ1) is 27.5. The highest BCUT2D eigenvalue weighted by Gasteiger charge is 2.21. The summed E-state index contributed by atoms with van der Waals surface area (Å²) in [6.45, 7) is 15.9. The van der Waals surface area contributed by atoms with Gasteiger partial charge < -0.3 is 4.74 Å². The average molecular weight is 743 g/mol. The van der Waals surface area contributed by atoms with E-state index in [0.717, 1.165) is 66.7 Å². The number of rotatable bonds is 6. The second-order valence-electron chi connectivity index (χ2n) is 17.1. The van der Waals surface area contributed by atoms with Crippen molar-refractivity contribution in [1.29, 1.82) is 0 Å². The van der Waals surface area contributed by atoms with Gasteiger partial charge in [0.2, 0.25) is 0 Å². The van der Waals surface area contributed by atoms with Crippen molar-refractivity contribution in [2.75, 3.05) is 0 Å². The van der Waals surface area contributed by atoms with Crippen molar-refractivity contribution >= 4 is 60.2 Å². The molecule has 0 aliphatic carbocycles. The number of nitrogens with zero attached hydrogens (tertiary/aromatic N) is 4. The Bertz CT molecular complexity index is 3180. The van der Waals surface area contributed by atoms with E-state index < -0.39 is 0 Å². The fourth-order valence-electron chi connectivity index (χ4n) is 8.85. The minimum atomic E-state index is -0.00296. The average Bonchev–Trinajstić information content (AvgIpc) is 3.76. The quantitative estimate of drug-likeness (QED) is 0.159. The van der Waals surface area contributed by atoms with Crippen LogP contribution in [0.5, 0.6) is 11.5 Å². The molecule has 57 heavy (non-hydrogen) atoms. The maximum absolute atomic E-state index is 6.77. The van der Waals surface area contributed by atoms with Crippen molar-refractivity contribution in [2.24, 2.45) is 0 Å². The Morgan fingerprint density at radius 2 is 1.19 bits per heavy atom. The van der Waals surface area contributed by atoms with Crippen LogP contribution in [0.15, 0.2) is 140 Å². The first-order valence-corrected chi connectivity index (χ1v) is 20.1. The van der Waals surface area contributed by atoms with E-state index in [1.807, 2.05) is 6.20 Å². The lowest BCUT2D eigenvalue weighted by Crippen LogP contribution is -2.12. The second-order valence-corrected chi connectivity index (χ2v) is 17.1. The van der Waals surface area contributed by atoms with Gasteiger partial charge in [0.1, 0.15) is 23.0 Å². The van der Waals surface area contributed by atoms with Crippen molar-refractivity contribution in [1.82, 2.24) is 18.9 Å². The van der Waals surface area contributed by atoms with E-state index >= 15 is 0 Å². The van der Waals surface area contributed by atoms with E-state index in [1.165, 1.54) is 38.6 Å². The molecule has 4 heterocycles. The molecule has 0 aliphatic heterocycles. The molecule has 0 fully saturated rings. The predicted octanol–water partition coefficient (Wildman–Crippen LogP) is 14.3. The molecular formula is C52H46N4O. The van der Waals surface area contributed by atoms with Crippen LogP contribution in [0.25, 0.3) is 77.1 Å². The maximum atomic E-state index is 6.77. The summed E-state index contributed by atoms with van der Waals surface area (Å²) in [5.41, 5.74) is 12.9. The molecule has 5 heteroatoms. The van der Waals surface area contributed by atoms with Crippen LogP contribution >= 0.6 is 0 Å². The van der Waals surface area contributed by atoms with Crippen molar-refractivity contribution < 1.29 is 4.74 Å². The summed E-state index contributed by atoms with van der Waals surface area (Å²) < 4.78 is 11.4. The van der Waals surface area contributed by atoms with Gasteiger partial charge in [0.15, 0.2) is 0 Å². The largest absolute Gasteiger partial charge is 0.457 e. The molecule has 5 nitrogen and oxygen atoms in total. The van der Waals surface area contributed by atoms with Crippen molar-refractivity contribution in [3.8, 4) is 28.4 Å². The third-order valence-corrected chi connectivity index (χ3v) is 11.7. The number of aromatic nitrogens is 4. The van der Waals surface area contributed by atoms with Gasteiger partial charge in [0.05, 0.1) is 27.6 Å². The molecule has 6 aromatic carbocycles. The Kier molecular flexibility index (Phi) is 8.02. The van der Waals surface area contributed by atoms with Crippen molar-refractivity contribution in [2.45, 2.75) is 65.7 Å². The third kappa shape index (κ3) is 5.67. The first kappa shape index (κ1) is 35.0. The van der Waals surface area contributed by atoms with E-state index in [1.54, 1.807) is 0 Å². The highest BCUT2D eigenvalue weighted by molar-refractivity contribution is 6.15. The van der Waals surface area contributed by atoms with E-state index in [9.17, 15) is 0 Å². The van der Waals surface area contributed by atoms with Crippen LogP contribution in [0.1, 0.15) is 77.0 Å².